The molecular formula is C19H21O6S2-. The fourth-order valence-electron chi connectivity index (χ4n) is 2.62. The molecule has 2 aromatic rings. The summed E-state index contributed by atoms with van der Waals surface area (Å²) >= 11 is 0. The van der Waals surface area contributed by atoms with Gasteiger partial charge in [0.1, 0.15) is 0 Å². The van der Waals surface area contributed by atoms with Gasteiger partial charge in [-0.3, -0.25) is 0 Å². The largest absolute Gasteiger partial charge is 0.550 e. The van der Waals surface area contributed by atoms with Crippen LogP contribution in [0.4, 0.5) is 0 Å². The molecule has 0 aliphatic rings. The van der Waals surface area contributed by atoms with Crippen molar-refractivity contribution in [2.75, 3.05) is 5.75 Å². The van der Waals surface area contributed by atoms with Gasteiger partial charge >= 0.3 is 0 Å². The topological polar surface area (TPSA) is 108 Å². The molecule has 0 fully saturated rings. The summed E-state index contributed by atoms with van der Waals surface area (Å²) in [5, 5.41) is 9.70. The molecule has 0 heterocycles. The van der Waals surface area contributed by atoms with Crippen LogP contribution >= 0.6 is 0 Å². The summed E-state index contributed by atoms with van der Waals surface area (Å²) in [6, 6.07) is 11.8. The van der Waals surface area contributed by atoms with Crippen molar-refractivity contribution >= 4 is 25.6 Å². The highest BCUT2D eigenvalue weighted by molar-refractivity contribution is 7.95. The zero-order valence-electron chi connectivity index (χ0n) is 15.2. The van der Waals surface area contributed by atoms with E-state index in [2.05, 4.69) is 0 Å². The van der Waals surface area contributed by atoms with Crippen molar-refractivity contribution < 1.29 is 26.7 Å². The maximum absolute atomic E-state index is 13.0. The van der Waals surface area contributed by atoms with Gasteiger partial charge in [-0.1, -0.05) is 42.3 Å². The Morgan fingerprint density at radius 3 is 1.67 bits per heavy atom. The molecule has 2 aromatic carbocycles. The molecule has 0 aliphatic heterocycles. The van der Waals surface area contributed by atoms with E-state index >= 15 is 0 Å². The molecule has 2 unspecified atom stereocenters. The lowest BCUT2D eigenvalue weighted by atomic mass is 10.1. The number of carbonyl (C=O) groups excluding carboxylic acids is 1. The number of aryl methyl sites for hydroxylation is 2. The monoisotopic (exact) mass is 409 g/mol. The van der Waals surface area contributed by atoms with Crippen LogP contribution < -0.4 is 5.11 Å². The van der Waals surface area contributed by atoms with Crippen molar-refractivity contribution in [2.24, 2.45) is 5.92 Å². The second-order valence-electron chi connectivity index (χ2n) is 6.60. The van der Waals surface area contributed by atoms with E-state index in [1.165, 1.54) is 24.3 Å². The predicted octanol–water partition coefficient (Wildman–Crippen LogP) is 1.31. The summed E-state index contributed by atoms with van der Waals surface area (Å²) in [5.74, 6) is -3.96. The van der Waals surface area contributed by atoms with E-state index < -0.39 is 42.6 Å². The van der Waals surface area contributed by atoms with Crippen LogP contribution in [-0.4, -0.2) is 33.8 Å². The molecule has 0 aliphatic carbocycles. The molecule has 0 saturated heterocycles. The maximum atomic E-state index is 13.0. The summed E-state index contributed by atoms with van der Waals surface area (Å²) in [4.78, 5) is 11.2. The average molecular weight is 410 g/mol. The number of aliphatic carboxylic acids is 1. The lowest BCUT2D eigenvalue weighted by molar-refractivity contribution is -0.310. The molecule has 0 bridgehead atoms. The zero-order chi connectivity index (χ0) is 20.4. The van der Waals surface area contributed by atoms with Crippen molar-refractivity contribution in [3.05, 3.63) is 59.7 Å². The quantitative estimate of drug-likeness (QED) is 0.682. The first kappa shape index (κ1) is 21.1. The van der Waals surface area contributed by atoms with Crippen molar-refractivity contribution in [3.63, 3.8) is 0 Å². The van der Waals surface area contributed by atoms with Crippen LogP contribution in [0.3, 0.4) is 0 Å². The minimum atomic E-state index is -4.21. The molecule has 0 amide bonds. The lowest BCUT2D eigenvalue weighted by Gasteiger charge is -2.25. The normalized spacial score (nSPS) is 14.5. The van der Waals surface area contributed by atoms with Gasteiger partial charge in [0.15, 0.2) is 19.7 Å². The molecule has 2 atom stereocenters. The molecule has 6 nitrogen and oxygen atoms in total. The number of hydrogen-bond acceptors (Lipinski definition) is 6. The summed E-state index contributed by atoms with van der Waals surface area (Å²) in [6.07, 6.45) is 0. The van der Waals surface area contributed by atoms with Gasteiger partial charge in [0.25, 0.3) is 0 Å². The molecular weight excluding hydrogens is 388 g/mol. The molecule has 27 heavy (non-hydrogen) atoms. The SMILES string of the molecule is Cc1ccc(S(=O)(=O)CC(C(C)C(=O)[O-])S(=O)(=O)c2ccc(C)cc2)cc1. The third-order valence-electron chi connectivity index (χ3n) is 4.44. The summed E-state index contributed by atoms with van der Waals surface area (Å²) in [5.41, 5.74) is 1.67. The van der Waals surface area contributed by atoms with Crippen LogP contribution in [0.15, 0.2) is 58.3 Å². The van der Waals surface area contributed by atoms with Crippen molar-refractivity contribution in [1.29, 1.82) is 0 Å². The van der Waals surface area contributed by atoms with Gasteiger partial charge in [-0.05, 0) is 38.1 Å². The van der Waals surface area contributed by atoms with Gasteiger partial charge in [-0.25, -0.2) is 16.8 Å². The van der Waals surface area contributed by atoms with Gasteiger partial charge in [0.05, 0.1) is 20.8 Å². The van der Waals surface area contributed by atoms with Gasteiger partial charge < -0.3 is 9.90 Å². The van der Waals surface area contributed by atoms with Crippen molar-refractivity contribution in [2.45, 2.75) is 35.8 Å². The third kappa shape index (κ3) is 4.75. The molecule has 8 heteroatoms. The van der Waals surface area contributed by atoms with E-state index in [-0.39, 0.29) is 9.79 Å². The van der Waals surface area contributed by atoms with Gasteiger partial charge in [0, 0.05) is 11.9 Å². The molecule has 0 aromatic heterocycles. The smallest absolute Gasteiger partial charge is 0.182 e. The fraction of sp³-hybridized carbons (Fsp3) is 0.316. The predicted molar refractivity (Wildman–Crippen MR) is 99.6 cm³/mol. The molecule has 0 radical (unpaired) electrons. The van der Waals surface area contributed by atoms with E-state index in [4.69, 9.17) is 0 Å². The summed E-state index contributed by atoms with van der Waals surface area (Å²) in [7, 11) is -8.24. The standard InChI is InChI=1S/C19H22O6S2/c1-13-4-8-16(9-5-13)26(22,23)12-18(15(3)19(20)21)27(24,25)17-10-6-14(2)7-11-17/h4-11,15,18H,12H2,1-3H3,(H,20,21)/p-1. The number of sulfone groups is 2. The second kappa shape index (κ2) is 7.82. The van der Waals surface area contributed by atoms with Crippen LogP contribution in [0.25, 0.3) is 0 Å². The maximum Gasteiger partial charge on any atom is 0.182 e. The Labute approximate surface area is 159 Å². The number of hydrogen-bond donors (Lipinski definition) is 0. The molecule has 0 N–H and O–H groups in total. The zero-order valence-corrected chi connectivity index (χ0v) is 16.9. The Bertz CT molecular complexity index is 1020. The number of carboxylic acid groups (broad SMARTS) is 1. The van der Waals surface area contributed by atoms with Crippen LogP contribution in [-0.2, 0) is 24.5 Å². The minimum Gasteiger partial charge on any atom is -0.550 e. The number of benzene rings is 2. The van der Waals surface area contributed by atoms with E-state index in [0.717, 1.165) is 18.1 Å². The van der Waals surface area contributed by atoms with E-state index in [1.54, 1.807) is 38.1 Å². The van der Waals surface area contributed by atoms with E-state index in [0.29, 0.717) is 0 Å². The average Bonchev–Trinajstić information content (AvgIpc) is 2.59. The van der Waals surface area contributed by atoms with Gasteiger partial charge in [-0.15, -0.1) is 0 Å². The Kier molecular flexibility index (Phi) is 6.11. The van der Waals surface area contributed by atoms with Crippen molar-refractivity contribution in [1.82, 2.24) is 0 Å². The Morgan fingerprint density at radius 1 is 0.852 bits per heavy atom. The summed E-state index contributed by atoms with van der Waals surface area (Å²) in [6.45, 7) is 4.72. The second-order valence-corrected chi connectivity index (χ2v) is 10.8. The highest BCUT2D eigenvalue weighted by Crippen LogP contribution is 2.26. The number of rotatable bonds is 7. The number of carboxylic acids is 1. The molecule has 146 valence electrons. The first-order valence-corrected chi connectivity index (χ1v) is 11.5. The fourth-order valence-corrected chi connectivity index (χ4v) is 6.85. The molecule has 0 saturated carbocycles. The lowest BCUT2D eigenvalue weighted by Crippen LogP contribution is -2.44. The van der Waals surface area contributed by atoms with Crippen molar-refractivity contribution in [3.8, 4) is 0 Å². The van der Waals surface area contributed by atoms with Crippen LogP contribution in [0, 0.1) is 19.8 Å². The molecule has 0 spiro atoms. The first-order chi connectivity index (χ1) is 12.4. The Balaban J connectivity index is 2.50. The van der Waals surface area contributed by atoms with E-state index in [9.17, 15) is 26.7 Å². The third-order valence-corrected chi connectivity index (χ3v) is 8.74. The van der Waals surface area contributed by atoms with Crippen LogP contribution in [0.2, 0.25) is 0 Å². The minimum absolute atomic E-state index is 0.0530. The van der Waals surface area contributed by atoms with Crippen LogP contribution in [0.5, 0.6) is 0 Å². The van der Waals surface area contributed by atoms with Gasteiger partial charge in [0.2, 0.25) is 0 Å². The Hall–Kier alpha value is -2.19. The molecule has 2 rings (SSSR count). The van der Waals surface area contributed by atoms with Gasteiger partial charge in [-0.2, -0.15) is 0 Å². The number of carbonyl (C=O) groups is 1. The van der Waals surface area contributed by atoms with Crippen LogP contribution in [0.1, 0.15) is 18.1 Å². The highest BCUT2D eigenvalue weighted by Gasteiger charge is 2.37. The summed E-state index contributed by atoms with van der Waals surface area (Å²) < 4.78 is 51.5. The van der Waals surface area contributed by atoms with E-state index in [1.807, 2.05) is 0 Å². The highest BCUT2D eigenvalue weighted by atomic mass is 32.2. The Morgan fingerprint density at radius 2 is 1.26 bits per heavy atom. The first-order valence-electron chi connectivity index (χ1n) is 8.26.